The van der Waals surface area contributed by atoms with Crippen molar-refractivity contribution in [1.29, 1.82) is 0 Å². The number of hydrogen-bond acceptors (Lipinski definition) is 5. The molecule has 1 aliphatic rings. The summed E-state index contributed by atoms with van der Waals surface area (Å²) in [4.78, 5) is 11.2. The van der Waals surface area contributed by atoms with E-state index < -0.39 is 23.2 Å². The molecule has 1 aromatic rings. The van der Waals surface area contributed by atoms with Crippen LogP contribution in [-0.2, 0) is 14.2 Å². The second-order valence-corrected chi connectivity index (χ2v) is 4.23. The van der Waals surface area contributed by atoms with E-state index in [0.29, 0.717) is 19.8 Å². The second-order valence-electron chi connectivity index (χ2n) is 4.23. The van der Waals surface area contributed by atoms with Gasteiger partial charge in [0.2, 0.25) is 0 Å². The van der Waals surface area contributed by atoms with E-state index in [1.165, 1.54) is 12.1 Å². The number of esters is 1. The predicted molar refractivity (Wildman–Crippen MR) is 66.7 cm³/mol. The van der Waals surface area contributed by atoms with Crippen molar-refractivity contribution in [1.82, 2.24) is 0 Å². The molecule has 7 heteroatoms. The zero-order valence-corrected chi connectivity index (χ0v) is 10.9. The lowest BCUT2D eigenvalue weighted by molar-refractivity contribution is -0.0819. The van der Waals surface area contributed by atoms with Gasteiger partial charge in [-0.05, 0) is 12.1 Å². The summed E-state index contributed by atoms with van der Waals surface area (Å²) in [6.45, 7) is 1.70. The zero-order valence-electron chi connectivity index (χ0n) is 10.9. The summed E-state index contributed by atoms with van der Waals surface area (Å²) >= 11 is 0. The highest BCUT2D eigenvalue weighted by molar-refractivity contribution is 5.90. The maximum absolute atomic E-state index is 13.8. The molecule has 1 aromatic carbocycles. The first-order valence-electron chi connectivity index (χ1n) is 6.13. The molecule has 0 aromatic heterocycles. The van der Waals surface area contributed by atoms with Crippen LogP contribution in [0.2, 0.25) is 0 Å². The number of ether oxygens (including phenoxy) is 3. The molecule has 1 unspecified atom stereocenters. The van der Waals surface area contributed by atoms with Crippen LogP contribution in [0.25, 0.3) is 0 Å². The molecule has 2 rings (SSSR count). The largest absolute Gasteiger partial charge is 0.465 e. The lowest BCUT2D eigenvalue weighted by Crippen LogP contribution is -2.34. The van der Waals surface area contributed by atoms with E-state index in [1.807, 2.05) is 0 Å². The van der Waals surface area contributed by atoms with Crippen LogP contribution >= 0.6 is 0 Å². The first-order chi connectivity index (χ1) is 9.63. The van der Waals surface area contributed by atoms with Crippen LogP contribution in [0.15, 0.2) is 12.1 Å². The van der Waals surface area contributed by atoms with Crippen LogP contribution < -0.4 is 5.32 Å². The first kappa shape index (κ1) is 14.7. The summed E-state index contributed by atoms with van der Waals surface area (Å²) in [6, 6.07) is 2.46. The van der Waals surface area contributed by atoms with Crippen LogP contribution in [0.5, 0.6) is 0 Å². The van der Waals surface area contributed by atoms with Gasteiger partial charge in [0.15, 0.2) is 11.6 Å². The van der Waals surface area contributed by atoms with E-state index in [4.69, 9.17) is 9.47 Å². The van der Waals surface area contributed by atoms with Gasteiger partial charge in [0.1, 0.15) is 0 Å². The van der Waals surface area contributed by atoms with E-state index in [9.17, 15) is 13.6 Å². The Morgan fingerprint density at radius 1 is 1.40 bits per heavy atom. The summed E-state index contributed by atoms with van der Waals surface area (Å²) in [7, 11) is 1.10. The molecule has 0 amide bonds. The number of carbonyl (C=O) groups excluding carboxylic acids is 1. The zero-order chi connectivity index (χ0) is 14.5. The minimum absolute atomic E-state index is 0.0377. The monoisotopic (exact) mass is 287 g/mol. The second kappa shape index (κ2) is 6.62. The van der Waals surface area contributed by atoms with Crippen LogP contribution in [0, 0.1) is 11.6 Å². The Balaban J connectivity index is 2.05. The molecule has 0 aliphatic carbocycles. The van der Waals surface area contributed by atoms with Crippen molar-refractivity contribution in [3.8, 4) is 0 Å². The van der Waals surface area contributed by atoms with Gasteiger partial charge in [-0.1, -0.05) is 0 Å². The van der Waals surface area contributed by atoms with Gasteiger partial charge in [-0.2, -0.15) is 0 Å². The molecule has 20 heavy (non-hydrogen) atoms. The van der Waals surface area contributed by atoms with E-state index in [-0.39, 0.29) is 18.3 Å². The van der Waals surface area contributed by atoms with Gasteiger partial charge in [0.05, 0.1) is 44.3 Å². The Morgan fingerprint density at radius 2 is 2.20 bits per heavy atom. The number of benzene rings is 1. The summed E-state index contributed by atoms with van der Waals surface area (Å²) in [5.74, 6) is -3.27. The van der Waals surface area contributed by atoms with Crippen molar-refractivity contribution in [2.24, 2.45) is 0 Å². The lowest BCUT2D eigenvalue weighted by atomic mass is 10.1. The first-order valence-corrected chi connectivity index (χ1v) is 6.13. The number of hydrogen-bond donors (Lipinski definition) is 1. The molecule has 1 aliphatic heterocycles. The molecule has 1 saturated heterocycles. The number of nitrogens with one attached hydrogen (secondary N) is 1. The predicted octanol–water partition coefficient (Wildman–Crippen LogP) is 1.58. The summed E-state index contributed by atoms with van der Waals surface area (Å²) < 4.78 is 42.4. The SMILES string of the molecule is COC(=O)c1ccc(NCC2COCCO2)c(F)c1F. The number of methoxy groups -OCH3 is 1. The van der Waals surface area contributed by atoms with Crippen LogP contribution in [0.3, 0.4) is 0 Å². The van der Waals surface area contributed by atoms with E-state index in [0.717, 1.165) is 7.11 Å². The normalized spacial score (nSPS) is 18.6. The van der Waals surface area contributed by atoms with Crippen molar-refractivity contribution in [3.05, 3.63) is 29.3 Å². The molecule has 1 atom stereocenters. The molecule has 1 heterocycles. The number of halogens is 2. The Labute approximate surface area is 114 Å². The van der Waals surface area contributed by atoms with Gasteiger partial charge >= 0.3 is 5.97 Å². The highest BCUT2D eigenvalue weighted by Gasteiger charge is 2.20. The van der Waals surface area contributed by atoms with Crippen molar-refractivity contribution < 1.29 is 27.8 Å². The van der Waals surface area contributed by atoms with Crippen molar-refractivity contribution in [2.45, 2.75) is 6.10 Å². The molecule has 0 radical (unpaired) electrons. The molecule has 1 fully saturated rings. The maximum atomic E-state index is 13.8. The third kappa shape index (κ3) is 3.23. The van der Waals surface area contributed by atoms with Gasteiger partial charge in [0, 0.05) is 6.54 Å². The fraction of sp³-hybridized carbons (Fsp3) is 0.462. The molecule has 110 valence electrons. The minimum atomic E-state index is -1.23. The maximum Gasteiger partial charge on any atom is 0.340 e. The average molecular weight is 287 g/mol. The summed E-state index contributed by atoms with van der Waals surface area (Å²) in [6.07, 6.45) is -0.216. The summed E-state index contributed by atoms with van der Waals surface area (Å²) in [5, 5.41) is 2.74. The van der Waals surface area contributed by atoms with Gasteiger partial charge in [0.25, 0.3) is 0 Å². The van der Waals surface area contributed by atoms with Crippen molar-refractivity contribution >= 4 is 11.7 Å². The van der Waals surface area contributed by atoms with Gasteiger partial charge in [-0.25, -0.2) is 13.6 Å². The van der Waals surface area contributed by atoms with Crippen molar-refractivity contribution in [3.63, 3.8) is 0 Å². The third-order valence-corrected chi connectivity index (χ3v) is 2.89. The van der Waals surface area contributed by atoms with Crippen LogP contribution in [-0.4, -0.2) is 45.5 Å². The fourth-order valence-electron chi connectivity index (χ4n) is 1.83. The van der Waals surface area contributed by atoms with E-state index in [2.05, 4.69) is 10.1 Å². The molecule has 5 nitrogen and oxygen atoms in total. The highest BCUT2D eigenvalue weighted by Crippen LogP contribution is 2.21. The molecule has 0 saturated carbocycles. The lowest BCUT2D eigenvalue weighted by Gasteiger charge is -2.23. The topological polar surface area (TPSA) is 56.8 Å². The third-order valence-electron chi connectivity index (χ3n) is 2.89. The Bertz CT molecular complexity index is 490. The Hall–Kier alpha value is -1.73. The highest BCUT2D eigenvalue weighted by atomic mass is 19.2. The molecular weight excluding hydrogens is 272 g/mol. The Morgan fingerprint density at radius 3 is 2.85 bits per heavy atom. The van der Waals surface area contributed by atoms with Crippen LogP contribution in [0.1, 0.15) is 10.4 Å². The number of carbonyl (C=O) groups is 1. The summed E-state index contributed by atoms with van der Waals surface area (Å²) in [5.41, 5.74) is -0.475. The molecule has 0 spiro atoms. The fourth-order valence-corrected chi connectivity index (χ4v) is 1.83. The van der Waals surface area contributed by atoms with Crippen LogP contribution in [0.4, 0.5) is 14.5 Å². The van der Waals surface area contributed by atoms with Gasteiger partial charge in [-0.15, -0.1) is 0 Å². The molecule has 0 bridgehead atoms. The van der Waals surface area contributed by atoms with E-state index >= 15 is 0 Å². The quantitative estimate of drug-likeness (QED) is 0.852. The van der Waals surface area contributed by atoms with Crippen molar-refractivity contribution in [2.75, 3.05) is 38.8 Å². The molecule has 1 N–H and O–H groups in total. The van der Waals surface area contributed by atoms with Gasteiger partial charge < -0.3 is 19.5 Å². The minimum Gasteiger partial charge on any atom is -0.465 e. The number of rotatable bonds is 4. The molecular formula is C13H15F2NO4. The number of anilines is 1. The van der Waals surface area contributed by atoms with E-state index in [1.54, 1.807) is 0 Å². The average Bonchev–Trinajstić information content (AvgIpc) is 2.49. The standard InChI is InChI=1S/C13H15F2NO4/c1-18-13(17)9-2-3-10(12(15)11(9)14)16-6-8-7-19-4-5-20-8/h2-3,8,16H,4-7H2,1H3. The Kier molecular flexibility index (Phi) is 4.86. The smallest absolute Gasteiger partial charge is 0.340 e. The van der Waals surface area contributed by atoms with Gasteiger partial charge in [-0.3, -0.25) is 0 Å².